The molecule has 0 aliphatic heterocycles. The summed E-state index contributed by atoms with van der Waals surface area (Å²) in [6, 6.07) is 4.74. The number of rotatable bonds is 3. The molecule has 0 N–H and O–H groups in total. The van der Waals surface area contributed by atoms with Crippen LogP contribution in [-0.4, -0.2) is 10.5 Å². The minimum atomic E-state index is -0.327. The van der Waals surface area contributed by atoms with Crippen LogP contribution >= 0.6 is 22.9 Å². The van der Waals surface area contributed by atoms with Crippen molar-refractivity contribution in [2.45, 2.75) is 58.9 Å². The van der Waals surface area contributed by atoms with E-state index in [4.69, 9.17) is 11.6 Å². The fourth-order valence-corrected chi connectivity index (χ4v) is 7.48. The van der Waals surface area contributed by atoms with Crippen LogP contribution in [0.2, 0.25) is 5.02 Å². The zero-order valence-corrected chi connectivity index (χ0v) is 18.5. The predicted molar refractivity (Wildman–Crippen MR) is 113 cm³/mol. The number of hydrogen-bond donors (Lipinski definition) is 0. The number of aryl methyl sites for hydroxylation is 1. The number of amides is 1. The first kappa shape index (κ1) is 19.5. The Morgan fingerprint density at radius 2 is 1.83 bits per heavy atom. The Labute approximate surface area is 179 Å². The van der Waals surface area contributed by atoms with Gasteiger partial charge in [0.1, 0.15) is 5.82 Å². The Hall–Kier alpha value is -1.46. The number of aromatic nitrogens is 1. The monoisotopic (exact) mass is 432 g/mol. The number of halogens is 2. The highest BCUT2D eigenvalue weighted by Gasteiger charge is 2.54. The first-order chi connectivity index (χ1) is 13.8. The standard InChI is InChI=1S/C23H26ClFN2OS/c1-13-14(2)29-22(27(13)12-18-19(24)4-3-5-20(18)25)26-21(28)23-9-15-6-16(10-23)8-17(7-15)11-23/h3-5,15-17H,6-12H2,1-2H3/b26-22-. The SMILES string of the molecule is Cc1s/c(=N\C(=O)C23CC4CC(CC(C4)C2)C3)n(Cc2c(F)cccc2Cl)c1C. The molecule has 6 heteroatoms. The van der Waals surface area contributed by atoms with E-state index in [2.05, 4.69) is 4.99 Å². The topological polar surface area (TPSA) is 34.4 Å². The van der Waals surface area contributed by atoms with Gasteiger partial charge < -0.3 is 4.57 Å². The number of nitrogens with zero attached hydrogens (tertiary/aromatic N) is 2. The van der Waals surface area contributed by atoms with Gasteiger partial charge in [-0.05, 0) is 82.3 Å². The molecule has 4 aliphatic carbocycles. The van der Waals surface area contributed by atoms with Gasteiger partial charge in [-0.2, -0.15) is 4.99 Å². The van der Waals surface area contributed by atoms with E-state index in [0.717, 1.165) is 29.8 Å². The van der Waals surface area contributed by atoms with Crippen molar-refractivity contribution in [3.8, 4) is 0 Å². The van der Waals surface area contributed by atoms with Gasteiger partial charge in [-0.1, -0.05) is 17.7 Å². The normalized spacial score (nSPS) is 30.9. The lowest BCUT2D eigenvalue weighted by molar-refractivity contribution is -0.142. The molecule has 1 amide bonds. The molecule has 29 heavy (non-hydrogen) atoms. The maximum atomic E-state index is 14.4. The molecule has 1 aromatic carbocycles. The maximum absolute atomic E-state index is 14.4. The number of thiazole rings is 1. The summed E-state index contributed by atoms with van der Waals surface area (Å²) >= 11 is 7.77. The molecule has 1 aromatic heterocycles. The van der Waals surface area contributed by atoms with Gasteiger partial charge in [0.05, 0.1) is 12.0 Å². The number of hydrogen-bond acceptors (Lipinski definition) is 2. The molecule has 6 rings (SSSR count). The molecule has 1 heterocycles. The second-order valence-corrected chi connectivity index (χ2v) is 11.0. The summed E-state index contributed by atoms with van der Waals surface area (Å²) in [5.74, 6) is 1.84. The predicted octanol–water partition coefficient (Wildman–Crippen LogP) is 5.65. The minimum Gasteiger partial charge on any atom is -0.316 e. The van der Waals surface area contributed by atoms with E-state index in [1.165, 1.54) is 36.7 Å². The molecular weight excluding hydrogens is 407 g/mol. The van der Waals surface area contributed by atoms with Crippen molar-refractivity contribution < 1.29 is 9.18 Å². The minimum absolute atomic E-state index is 0.0474. The lowest BCUT2D eigenvalue weighted by atomic mass is 9.49. The van der Waals surface area contributed by atoms with Crippen molar-refractivity contribution >= 4 is 28.8 Å². The molecule has 2 aromatic rings. The molecule has 0 atom stereocenters. The fourth-order valence-electron chi connectivity index (χ4n) is 6.29. The molecule has 0 saturated heterocycles. The van der Waals surface area contributed by atoms with Gasteiger partial charge in [0.2, 0.25) is 0 Å². The molecule has 0 unspecified atom stereocenters. The van der Waals surface area contributed by atoms with Crippen LogP contribution in [0, 0.1) is 42.8 Å². The van der Waals surface area contributed by atoms with Gasteiger partial charge in [-0.25, -0.2) is 4.39 Å². The average Bonchev–Trinajstić information content (AvgIpc) is 2.91. The molecule has 154 valence electrons. The molecule has 3 nitrogen and oxygen atoms in total. The van der Waals surface area contributed by atoms with Crippen molar-refractivity contribution in [1.82, 2.24) is 4.57 Å². The van der Waals surface area contributed by atoms with Crippen LogP contribution in [-0.2, 0) is 11.3 Å². The van der Waals surface area contributed by atoms with E-state index in [-0.39, 0.29) is 23.7 Å². The fraction of sp³-hybridized carbons (Fsp3) is 0.565. The number of carbonyl (C=O) groups is 1. The van der Waals surface area contributed by atoms with Crippen molar-refractivity contribution in [1.29, 1.82) is 0 Å². The molecule has 4 saturated carbocycles. The van der Waals surface area contributed by atoms with E-state index in [9.17, 15) is 9.18 Å². The van der Waals surface area contributed by atoms with E-state index in [1.54, 1.807) is 12.1 Å². The second kappa shape index (κ2) is 7.05. The third-order valence-corrected chi connectivity index (χ3v) is 8.91. The van der Waals surface area contributed by atoms with Crippen LogP contribution in [0.1, 0.15) is 54.7 Å². The average molecular weight is 433 g/mol. The summed E-state index contributed by atoms with van der Waals surface area (Å²) < 4.78 is 16.3. The van der Waals surface area contributed by atoms with Crippen molar-refractivity contribution in [3.63, 3.8) is 0 Å². The van der Waals surface area contributed by atoms with Gasteiger partial charge in [0.15, 0.2) is 4.80 Å². The highest BCUT2D eigenvalue weighted by Crippen LogP contribution is 2.60. The first-order valence-corrected chi connectivity index (χ1v) is 11.7. The van der Waals surface area contributed by atoms with Crippen molar-refractivity contribution in [2.75, 3.05) is 0 Å². The van der Waals surface area contributed by atoms with Crippen LogP contribution in [0.3, 0.4) is 0 Å². The molecular formula is C23H26ClFN2OS. The maximum Gasteiger partial charge on any atom is 0.254 e. The largest absolute Gasteiger partial charge is 0.316 e. The van der Waals surface area contributed by atoms with Crippen molar-refractivity contribution in [3.05, 3.63) is 50.0 Å². The lowest BCUT2D eigenvalue weighted by Gasteiger charge is -2.55. The smallest absolute Gasteiger partial charge is 0.254 e. The van der Waals surface area contributed by atoms with Gasteiger partial charge in [-0.3, -0.25) is 4.79 Å². The van der Waals surface area contributed by atoms with E-state index in [1.807, 2.05) is 18.4 Å². The van der Waals surface area contributed by atoms with Gasteiger partial charge in [0, 0.05) is 21.2 Å². The number of benzene rings is 1. The summed E-state index contributed by atoms with van der Waals surface area (Å²) in [6.07, 6.45) is 6.91. The lowest BCUT2D eigenvalue weighted by Crippen LogP contribution is -2.50. The molecule has 0 radical (unpaired) electrons. The highest BCUT2D eigenvalue weighted by atomic mass is 35.5. The summed E-state index contributed by atoms with van der Waals surface area (Å²) in [7, 11) is 0. The van der Waals surface area contributed by atoms with Gasteiger partial charge >= 0.3 is 0 Å². The summed E-state index contributed by atoms with van der Waals surface area (Å²) in [6.45, 7) is 4.30. The zero-order valence-electron chi connectivity index (χ0n) is 16.9. The summed E-state index contributed by atoms with van der Waals surface area (Å²) in [4.78, 5) is 19.9. The van der Waals surface area contributed by atoms with E-state index < -0.39 is 0 Å². The first-order valence-electron chi connectivity index (χ1n) is 10.5. The quantitative estimate of drug-likeness (QED) is 0.617. The van der Waals surface area contributed by atoms with Gasteiger partial charge in [-0.15, -0.1) is 11.3 Å². The van der Waals surface area contributed by atoms with Crippen LogP contribution in [0.15, 0.2) is 23.2 Å². The second-order valence-electron chi connectivity index (χ2n) is 9.43. The third-order valence-electron chi connectivity index (χ3n) is 7.46. The van der Waals surface area contributed by atoms with Crippen LogP contribution < -0.4 is 4.80 Å². The Balaban J connectivity index is 1.52. The van der Waals surface area contributed by atoms with Gasteiger partial charge in [0.25, 0.3) is 5.91 Å². The molecule has 4 bridgehead atoms. The third kappa shape index (κ3) is 3.31. The van der Waals surface area contributed by atoms with Crippen LogP contribution in [0.4, 0.5) is 4.39 Å². The Bertz CT molecular complexity index is 998. The molecule has 0 spiro atoms. The van der Waals surface area contributed by atoms with Crippen molar-refractivity contribution in [2.24, 2.45) is 28.2 Å². The van der Waals surface area contributed by atoms with E-state index in [0.29, 0.717) is 33.1 Å². The Morgan fingerprint density at radius 3 is 2.41 bits per heavy atom. The Morgan fingerprint density at radius 1 is 1.21 bits per heavy atom. The highest BCUT2D eigenvalue weighted by molar-refractivity contribution is 7.09. The zero-order chi connectivity index (χ0) is 20.3. The van der Waals surface area contributed by atoms with E-state index >= 15 is 0 Å². The molecule has 4 aliphatic rings. The van der Waals surface area contributed by atoms with Crippen LogP contribution in [0.5, 0.6) is 0 Å². The summed E-state index contributed by atoms with van der Waals surface area (Å²) in [5, 5.41) is 0.402. The molecule has 4 fully saturated rings. The Kier molecular flexibility index (Phi) is 4.74. The summed E-state index contributed by atoms with van der Waals surface area (Å²) in [5.41, 5.74) is 1.19. The van der Waals surface area contributed by atoms with Crippen LogP contribution in [0.25, 0.3) is 0 Å². The number of carbonyl (C=O) groups excluding carboxylic acids is 1.